The van der Waals surface area contributed by atoms with E-state index in [1.807, 2.05) is 22.9 Å². The van der Waals surface area contributed by atoms with Crippen LogP contribution < -0.4 is 9.62 Å². The standard InChI is InChI=1S/C16H17Cl2N5O2S/c1-19-26(24,25)8-7-22(2)14-9-13(23-6-5-20-10-23)11-3-4-12(17)15(18)16(11)21-14/h3-6,9-10,19H,7-8H2,1-2H3. The van der Waals surface area contributed by atoms with E-state index >= 15 is 0 Å². The van der Waals surface area contributed by atoms with Crippen LogP contribution in [0, 0.1) is 0 Å². The molecule has 2 aromatic heterocycles. The van der Waals surface area contributed by atoms with Gasteiger partial charge in [-0.25, -0.2) is 23.1 Å². The molecular formula is C16H17Cl2N5O2S. The molecule has 7 nitrogen and oxygen atoms in total. The number of pyridine rings is 1. The highest BCUT2D eigenvalue weighted by Gasteiger charge is 2.16. The monoisotopic (exact) mass is 413 g/mol. The number of sulfonamides is 1. The van der Waals surface area contributed by atoms with Gasteiger partial charge in [0.05, 0.1) is 33.3 Å². The number of fused-ring (bicyclic) bond motifs is 1. The Bertz CT molecular complexity index is 1040. The summed E-state index contributed by atoms with van der Waals surface area (Å²) < 4.78 is 27.5. The lowest BCUT2D eigenvalue weighted by atomic mass is 10.1. The fourth-order valence-corrected chi connectivity index (χ4v) is 3.57. The van der Waals surface area contributed by atoms with Crippen LogP contribution in [0.15, 0.2) is 36.9 Å². The van der Waals surface area contributed by atoms with E-state index in [1.165, 1.54) is 7.05 Å². The van der Waals surface area contributed by atoms with Gasteiger partial charge in [-0.1, -0.05) is 23.2 Å². The highest BCUT2D eigenvalue weighted by atomic mass is 35.5. The third-order valence-electron chi connectivity index (χ3n) is 4.02. The predicted octanol–water partition coefficient (Wildman–Crippen LogP) is 2.71. The summed E-state index contributed by atoms with van der Waals surface area (Å²) in [4.78, 5) is 10.4. The van der Waals surface area contributed by atoms with Gasteiger partial charge >= 0.3 is 0 Å². The zero-order valence-electron chi connectivity index (χ0n) is 14.1. The zero-order chi connectivity index (χ0) is 18.9. The Balaban J connectivity index is 2.10. The molecule has 0 unspecified atom stereocenters. The lowest BCUT2D eigenvalue weighted by molar-refractivity contribution is 0.587. The molecule has 138 valence electrons. The normalized spacial score (nSPS) is 11.8. The number of imidazole rings is 1. The number of hydrogen-bond donors (Lipinski definition) is 1. The minimum absolute atomic E-state index is 0.0522. The molecule has 0 aliphatic carbocycles. The minimum atomic E-state index is -3.32. The van der Waals surface area contributed by atoms with Gasteiger partial charge in [-0.3, -0.25) is 0 Å². The van der Waals surface area contributed by atoms with E-state index < -0.39 is 10.0 Å². The predicted molar refractivity (Wildman–Crippen MR) is 105 cm³/mol. The summed E-state index contributed by atoms with van der Waals surface area (Å²) in [5, 5.41) is 1.57. The second-order valence-corrected chi connectivity index (χ2v) is 8.50. The SMILES string of the molecule is CNS(=O)(=O)CCN(C)c1cc(-n2ccnc2)c2ccc(Cl)c(Cl)c2n1. The van der Waals surface area contributed by atoms with Gasteiger partial charge < -0.3 is 9.47 Å². The number of nitrogens with zero attached hydrogens (tertiary/aromatic N) is 4. The summed E-state index contributed by atoms with van der Waals surface area (Å²) >= 11 is 12.5. The molecule has 0 radical (unpaired) electrons. The molecular weight excluding hydrogens is 397 g/mol. The van der Waals surface area contributed by atoms with Crippen LogP contribution in [0.4, 0.5) is 5.82 Å². The molecule has 2 heterocycles. The van der Waals surface area contributed by atoms with Crippen LogP contribution in [0.5, 0.6) is 0 Å². The van der Waals surface area contributed by atoms with Crippen LogP contribution in [0.25, 0.3) is 16.6 Å². The number of nitrogens with one attached hydrogen (secondary N) is 1. The summed E-state index contributed by atoms with van der Waals surface area (Å²) in [5.41, 5.74) is 1.37. The molecule has 26 heavy (non-hydrogen) atoms. The molecule has 0 amide bonds. The minimum Gasteiger partial charge on any atom is -0.359 e. The van der Waals surface area contributed by atoms with Crippen LogP contribution in [0.3, 0.4) is 0 Å². The van der Waals surface area contributed by atoms with Crippen molar-refractivity contribution < 1.29 is 8.42 Å². The average molecular weight is 414 g/mol. The van der Waals surface area contributed by atoms with Crippen LogP contribution >= 0.6 is 23.2 Å². The Morgan fingerprint density at radius 2 is 2.08 bits per heavy atom. The first-order valence-corrected chi connectivity index (χ1v) is 10.1. The van der Waals surface area contributed by atoms with E-state index in [-0.39, 0.29) is 12.3 Å². The summed E-state index contributed by atoms with van der Waals surface area (Å²) in [6.07, 6.45) is 5.16. The molecule has 0 saturated carbocycles. The van der Waals surface area contributed by atoms with Gasteiger partial charge in [0.1, 0.15) is 5.82 Å². The fraction of sp³-hybridized carbons (Fsp3) is 0.250. The molecule has 3 rings (SSSR count). The van der Waals surface area contributed by atoms with Gasteiger partial charge in [-0.2, -0.15) is 0 Å². The second kappa shape index (κ2) is 7.40. The van der Waals surface area contributed by atoms with Crippen LogP contribution in [-0.2, 0) is 10.0 Å². The highest BCUT2D eigenvalue weighted by Crippen LogP contribution is 2.34. The van der Waals surface area contributed by atoms with E-state index in [0.717, 1.165) is 11.1 Å². The van der Waals surface area contributed by atoms with Crippen molar-refractivity contribution in [2.24, 2.45) is 0 Å². The maximum absolute atomic E-state index is 11.7. The lowest BCUT2D eigenvalue weighted by Crippen LogP contribution is -2.31. The van der Waals surface area contributed by atoms with Crippen molar-refractivity contribution in [2.45, 2.75) is 0 Å². The first-order chi connectivity index (χ1) is 12.3. The van der Waals surface area contributed by atoms with Crippen molar-refractivity contribution in [1.29, 1.82) is 0 Å². The summed E-state index contributed by atoms with van der Waals surface area (Å²) in [5.74, 6) is 0.528. The van der Waals surface area contributed by atoms with E-state index in [4.69, 9.17) is 23.2 Å². The topological polar surface area (TPSA) is 80.1 Å². The number of halogens is 2. The van der Waals surface area contributed by atoms with Crippen LogP contribution in [0.1, 0.15) is 0 Å². The third-order valence-corrected chi connectivity index (χ3v) is 6.15. The Kier molecular flexibility index (Phi) is 5.38. The molecule has 10 heteroatoms. The van der Waals surface area contributed by atoms with Crippen molar-refractivity contribution in [3.8, 4) is 5.69 Å². The molecule has 0 aliphatic rings. The molecule has 0 saturated heterocycles. The molecule has 1 N–H and O–H groups in total. The molecule has 0 atom stereocenters. The number of anilines is 1. The molecule has 1 aromatic carbocycles. The van der Waals surface area contributed by atoms with Crippen molar-refractivity contribution >= 4 is 49.9 Å². The van der Waals surface area contributed by atoms with E-state index in [1.54, 1.807) is 30.5 Å². The third kappa shape index (κ3) is 3.78. The number of hydrogen-bond acceptors (Lipinski definition) is 5. The molecule has 0 aliphatic heterocycles. The van der Waals surface area contributed by atoms with Gasteiger partial charge in [0.15, 0.2) is 0 Å². The molecule has 0 fully saturated rings. The Morgan fingerprint density at radius 1 is 1.31 bits per heavy atom. The summed E-state index contributed by atoms with van der Waals surface area (Å²) in [7, 11) is -0.150. The van der Waals surface area contributed by atoms with Gasteiger partial charge in [0.2, 0.25) is 10.0 Å². The number of rotatable bonds is 6. The maximum atomic E-state index is 11.7. The largest absolute Gasteiger partial charge is 0.359 e. The van der Waals surface area contributed by atoms with Crippen molar-refractivity contribution in [2.75, 3.05) is 31.3 Å². The summed E-state index contributed by atoms with van der Waals surface area (Å²) in [6, 6.07) is 5.43. The van der Waals surface area contributed by atoms with Crippen molar-refractivity contribution in [3.05, 3.63) is 47.0 Å². The van der Waals surface area contributed by atoms with Crippen molar-refractivity contribution in [1.82, 2.24) is 19.3 Å². The average Bonchev–Trinajstić information content (AvgIpc) is 3.16. The van der Waals surface area contributed by atoms with Crippen molar-refractivity contribution in [3.63, 3.8) is 0 Å². The quantitative estimate of drug-likeness (QED) is 0.671. The van der Waals surface area contributed by atoms with E-state index in [0.29, 0.717) is 21.4 Å². The van der Waals surface area contributed by atoms with Crippen LogP contribution in [0.2, 0.25) is 10.0 Å². The zero-order valence-corrected chi connectivity index (χ0v) is 16.5. The van der Waals surface area contributed by atoms with Gasteiger partial charge in [0, 0.05) is 37.4 Å². The Labute approximate surface area is 161 Å². The lowest BCUT2D eigenvalue weighted by Gasteiger charge is -2.20. The Hall–Kier alpha value is -1.87. The maximum Gasteiger partial charge on any atom is 0.213 e. The molecule has 0 bridgehead atoms. The first kappa shape index (κ1) is 18.9. The smallest absolute Gasteiger partial charge is 0.213 e. The second-order valence-electron chi connectivity index (χ2n) is 5.67. The van der Waals surface area contributed by atoms with E-state index in [2.05, 4.69) is 14.7 Å². The summed E-state index contributed by atoms with van der Waals surface area (Å²) in [6.45, 7) is 0.267. The van der Waals surface area contributed by atoms with E-state index in [9.17, 15) is 8.42 Å². The number of aromatic nitrogens is 3. The van der Waals surface area contributed by atoms with Gasteiger partial charge in [0.25, 0.3) is 0 Å². The molecule has 3 aromatic rings. The molecule has 0 spiro atoms. The first-order valence-electron chi connectivity index (χ1n) is 7.72. The highest BCUT2D eigenvalue weighted by molar-refractivity contribution is 7.89. The number of benzene rings is 1. The van der Waals surface area contributed by atoms with Gasteiger partial charge in [-0.15, -0.1) is 0 Å². The van der Waals surface area contributed by atoms with Crippen LogP contribution in [-0.4, -0.2) is 49.3 Å². The fourth-order valence-electron chi connectivity index (χ4n) is 2.49. The Morgan fingerprint density at radius 3 is 2.73 bits per heavy atom. The van der Waals surface area contributed by atoms with Gasteiger partial charge in [-0.05, 0) is 19.2 Å².